The van der Waals surface area contributed by atoms with Gasteiger partial charge in [-0.25, -0.2) is 8.42 Å². The maximum absolute atomic E-state index is 12.9. The molecule has 2 atom stereocenters. The molecule has 0 fully saturated rings. The van der Waals surface area contributed by atoms with Crippen molar-refractivity contribution in [3.05, 3.63) is 83.7 Å². The summed E-state index contributed by atoms with van der Waals surface area (Å²) in [5.74, 6) is -0.558. The molecule has 0 saturated carbocycles. The summed E-state index contributed by atoms with van der Waals surface area (Å²) in [5, 5.41) is 11.0. The highest BCUT2D eigenvalue weighted by Crippen LogP contribution is 2.39. The number of carbonyl (C=O) groups excluding carboxylic acids is 1. The Hall–Kier alpha value is -3.03. The highest BCUT2D eigenvalue weighted by Gasteiger charge is 2.30. The quantitative estimate of drug-likeness (QED) is 0.485. The smallest absolute Gasteiger partial charge is 0.178 e. The average molecular weight is 480 g/mol. The molecule has 0 aliphatic carbocycles. The van der Waals surface area contributed by atoms with Crippen LogP contribution in [0.5, 0.6) is 5.75 Å². The molecule has 3 aromatic rings. The maximum atomic E-state index is 12.9. The van der Waals surface area contributed by atoms with Crippen LogP contribution in [0.3, 0.4) is 0 Å². The number of aliphatic hydroxyl groups excluding tert-OH is 1. The summed E-state index contributed by atoms with van der Waals surface area (Å²) in [4.78, 5) is 17.3. The van der Waals surface area contributed by atoms with Gasteiger partial charge in [0.2, 0.25) is 0 Å². The molecule has 0 saturated heterocycles. The van der Waals surface area contributed by atoms with Gasteiger partial charge in [0, 0.05) is 28.9 Å². The Morgan fingerprint density at radius 3 is 2.62 bits per heavy atom. The van der Waals surface area contributed by atoms with E-state index in [1.54, 1.807) is 24.4 Å². The van der Waals surface area contributed by atoms with E-state index in [0.717, 1.165) is 11.3 Å². The first-order valence-electron chi connectivity index (χ1n) is 11.4. The Labute approximate surface area is 200 Å². The minimum Gasteiger partial charge on any atom is -0.493 e. The number of benzene rings is 2. The van der Waals surface area contributed by atoms with Crippen LogP contribution in [-0.4, -0.2) is 42.4 Å². The second-order valence-corrected chi connectivity index (χ2v) is 11.3. The zero-order chi connectivity index (χ0) is 24.3. The fourth-order valence-corrected chi connectivity index (χ4v) is 6.08. The highest BCUT2D eigenvalue weighted by molar-refractivity contribution is 7.92. The molecule has 2 unspecified atom stereocenters. The van der Waals surface area contributed by atoms with Gasteiger partial charge in [0.1, 0.15) is 11.5 Å². The standard InChI is InChI=1S/C27H29NO5S/c1-18(2)16-34(31,32)17-25(29)23-9-4-3-8-22(23)19-10-11-24-26(14-19)33-15-20(27(24)30)13-21-7-5-6-12-28-21/h3-12,14,18,20,27,30H,13,15-17H2,1-2H3. The number of rotatable bonds is 8. The lowest BCUT2D eigenvalue weighted by Crippen LogP contribution is -2.28. The summed E-state index contributed by atoms with van der Waals surface area (Å²) in [6.07, 6.45) is 1.64. The van der Waals surface area contributed by atoms with Crippen LogP contribution in [0, 0.1) is 11.8 Å². The second kappa shape index (κ2) is 10.1. The zero-order valence-electron chi connectivity index (χ0n) is 19.3. The van der Waals surface area contributed by atoms with Gasteiger partial charge in [-0.1, -0.05) is 56.3 Å². The first kappa shape index (κ1) is 24.1. The monoisotopic (exact) mass is 479 g/mol. The summed E-state index contributed by atoms with van der Waals surface area (Å²) >= 11 is 0. The van der Waals surface area contributed by atoms with E-state index in [-0.39, 0.29) is 17.6 Å². The van der Waals surface area contributed by atoms with Gasteiger partial charge in [-0.15, -0.1) is 0 Å². The Bertz CT molecular complexity index is 1270. The summed E-state index contributed by atoms with van der Waals surface area (Å²) in [7, 11) is -3.49. The van der Waals surface area contributed by atoms with Gasteiger partial charge in [0.25, 0.3) is 0 Å². The van der Waals surface area contributed by atoms with Crippen molar-refractivity contribution in [2.24, 2.45) is 11.8 Å². The van der Waals surface area contributed by atoms with Crippen LogP contribution in [0.15, 0.2) is 66.9 Å². The van der Waals surface area contributed by atoms with Crippen LogP contribution in [0.25, 0.3) is 11.1 Å². The Kier molecular flexibility index (Phi) is 7.14. The lowest BCUT2D eigenvalue weighted by Gasteiger charge is -2.30. The largest absolute Gasteiger partial charge is 0.493 e. The number of aliphatic hydroxyl groups is 1. The van der Waals surface area contributed by atoms with Crippen molar-refractivity contribution in [1.29, 1.82) is 0 Å². The number of aromatic nitrogens is 1. The van der Waals surface area contributed by atoms with E-state index in [2.05, 4.69) is 4.98 Å². The number of nitrogens with zero attached hydrogens (tertiary/aromatic N) is 1. The Morgan fingerprint density at radius 1 is 1.12 bits per heavy atom. The molecule has 1 aliphatic heterocycles. The maximum Gasteiger partial charge on any atom is 0.178 e. The third kappa shape index (κ3) is 5.54. The number of carbonyl (C=O) groups is 1. The van der Waals surface area contributed by atoms with Crippen LogP contribution in [-0.2, 0) is 16.3 Å². The molecule has 6 nitrogen and oxygen atoms in total. The van der Waals surface area contributed by atoms with Gasteiger partial charge in [0.05, 0.1) is 18.5 Å². The molecule has 2 aromatic carbocycles. The van der Waals surface area contributed by atoms with Gasteiger partial charge in [0.15, 0.2) is 15.6 Å². The van der Waals surface area contributed by atoms with Gasteiger partial charge in [-0.05, 0) is 41.7 Å². The van der Waals surface area contributed by atoms with E-state index in [0.29, 0.717) is 35.5 Å². The SMILES string of the molecule is CC(C)CS(=O)(=O)CC(=O)c1ccccc1-c1ccc2c(c1)OCC(Cc1ccccn1)C2O. The van der Waals surface area contributed by atoms with Crippen LogP contribution in [0.2, 0.25) is 0 Å². The number of sulfone groups is 1. The third-order valence-corrected chi connectivity index (χ3v) is 7.78. The molecule has 1 aromatic heterocycles. The number of hydrogen-bond acceptors (Lipinski definition) is 6. The lowest BCUT2D eigenvalue weighted by molar-refractivity contribution is 0.0503. The molecule has 1 aliphatic rings. The minimum absolute atomic E-state index is 0.0227. The van der Waals surface area contributed by atoms with Crippen molar-refractivity contribution in [1.82, 2.24) is 4.98 Å². The van der Waals surface area contributed by atoms with E-state index < -0.39 is 27.5 Å². The topological polar surface area (TPSA) is 93.6 Å². The van der Waals surface area contributed by atoms with Crippen LogP contribution >= 0.6 is 0 Å². The van der Waals surface area contributed by atoms with Gasteiger partial charge in [-0.3, -0.25) is 9.78 Å². The average Bonchev–Trinajstić information content (AvgIpc) is 2.80. The predicted octanol–water partition coefficient (Wildman–Crippen LogP) is 4.29. The molecule has 178 valence electrons. The molecule has 2 heterocycles. The number of Topliss-reactive ketones (excluding diaryl/α,β-unsaturated/α-hetero) is 1. The van der Waals surface area contributed by atoms with E-state index in [1.165, 1.54) is 0 Å². The van der Waals surface area contributed by atoms with Gasteiger partial charge < -0.3 is 9.84 Å². The second-order valence-electron chi connectivity index (χ2n) is 9.21. The first-order chi connectivity index (χ1) is 16.2. The summed E-state index contributed by atoms with van der Waals surface area (Å²) < 4.78 is 30.8. The zero-order valence-corrected chi connectivity index (χ0v) is 20.2. The lowest BCUT2D eigenvalue weighted by atomic mass is 9.88. The molecule has 7 heteroatoms. The van der Waals surface area contributed by atoms with Gasteiger partial charge in [-0.2, -0.15) is 0 Å². The molecular formula is C27H29NO5S. The molecule has 0 spiro atoms. The predicted molar refractivity (Wildman–Crippen MR) is 132 cm³/mol. The van der Waals surface area contributed by atoms with E-state index >= 15 is 0 Å². The number of ketones is 1. The number of ether oxygens (including phenoxy) is 1. The molecule has 1 N–H and O–H groups in total. The summed E-state index contributed by atoms with van der Waals surface area (Å²) in [5.41, 5.74) is 3.33. The number of hydrogen-bond donors (Lipinski definition) is 1. The van der Waals surface area contributed by atoms with Crippen molar-refractivity contribution in [3.63, 3.8) is 0 Å². The molecule has 0 bridgehead atoms. The van der Waals surface area contributed by atoms with Crippen molar-refractivity contribution >= 4 is 15.6 Å². The number of pyridine rings is 1. The fraction of sp³-hybridized carbons (Fsp3) is 0.333. The Morgan fingerprint density at radius 2 is 1.88 bits per heavy atom. The molecule has 0 amide bonds. The van der Waals surface area contributed by atoms with E-state index in [1.807, 2.05) is 56.3 Å². The third-order valence-electron chi connectivity index (χ3n) is 5.91. The highest BCUT2D eigenvalue weighted by atomic mass is 32.2. The van der Waals surface area contributed by atoms with Crippen LogP contribution in [0.1, 0.15) is 41.6 Å². The van der Waals surface area contributed by atoms with Crippen LogP contribution in [0.4, 0.5) is 0 Å². The molecule has 0 radical (unpaired) electrons. The Balaban J connectivity index is 1.58. The first-order valence-corrected chi connectivity index (χ1v) is 13.2. The van der Waals surface area contributed by atoms with Crippen molar-refractivity contribution in [2.45, 2.75) is 26.4 Å². The number of fused-ring (bicyclic) bond motifs is 1. The fourth-order valence-electron chi connectivity index (χ4n) is 4.39. The van der Waals surface area contributed by atoms with E-state index in [9.17, 15) is 18.3 Å². The molecule has 4 rings (SSSR count). The van der Waals surface area contributed by atoms with Crippen LogP contribution < -0.4 is 4.74 Å². The van der Waals surface area contributed by atoms with Crippen molar-refractivity contribution < 1.29 is 23.1 Å². The summed E-state index contributed by atoms with van der Waals surface area (Å²) in [6.45, 7) is 3.99. The summed E-state index contributed by atoms with van der Waals surface area (Å²) in [6, 6.07) is 18.2. The molecule has 34 heavy (non-hydrogen) atoms. The molecular weight excluding hydrogens is 450 g/mol. The van der Waals surface area contributed by atoms with Gasteiger partial charge >= 0.3 is 0 Å². The van der Waals surface area contributed by atoms with Crippen molar-refractivity contribution in [2.75, 3.05) is 18.1 Å². The minimum atomic E-state index is -3.49. The normalized spacial score (nSPS) is 17.8. The van der Waals surface area contributed by atoms with Crippen molar-refractivity contribution in [3.8, 4) is 16.9 Å². The van der Waals surface area contributed by atoms with E-state index in [4.69, 9.17) is 4.74 Å².